The van der Waals surface area contributed by atoms with Gasteiger partial charge in [0, 0.05) is 6.42 Å². The van der Waals surface area contributed by atoms with E-state index in [9.17, 15) is 0 Å². The van der Waals surface area contributed by atoms with Crippen LogP contribution in [0.3, 0.4) is 0 Å². The largest absolute Gasteiger partial charge is 0.350 e. The summed E-state index contributed by atoms with van der Waals surface area (Å²) in [6.07, 6.45) is 1.38. The van der Waals surface area contributed by atoms with Crippen LogP contribution in [0.4, 0.5) is 0 Å². The van der Waals surface area contributed by atoms with Gasteiger partial charge in [0.25, 0.3) is 0 Å². The molecule has 10 heavy (non-hydrogen) atoms. The first-order chi connectivity index (χ1) is 4.68. The molecule has 0 amide bonds. The van der Waals surface area contributed by atoms with Crippen LogP contribution in [-0.4, -0.2) is 19.0 Å². The van der Waals surface area contributed by atoms with Gasteiger partial charge in [0.1, 0.15) is 0 Å². The minimum atomic E-state index is 0.0648. The third-order valence-corrected chi connectivity index (χ3v) is 1.56. The molecule has 1 aliphatic heterocycles. The van der Waals surface area contributed by atoms with Gasteiger partial charge in [0.15, 0.2) is 6.29 Å². The summed E-state index contributed by atoms with van der Waals surface area (Å²) in [5.41, 5.74) is 0. The molecule has 1 rings (SSSR count). The van der Waals surface area contributed by atoms with Crippen molar-refractivity contribution in [3.8, 4) is 0 Å². The van der Waals surface area contributed by atoms with Crippen molar-refractivity contribution in [2.45, 2.75) is 39.6 Å². The predicted molar refractivity (Wildman–Crippen MR) is 39.7 cm³/mol. The molecule has 0 unspecified atom stereocenters. The molecule has 0 saturated carbocycles. The van der Waals surface area contributed by atoms with Gasteiger partial charge < -0.3 is 9.47 Å². The number of ether oxygens (including phenoxy) is 2. The maximum atomic E-state index is 5.45. The normalized spacial score (nSPS) is 33.6. The fourth-order valence-corrected chi connectivity index (χ4v) is 1.09. The number of rotatable bonds is 2. The molecule has 0 aromatic carbocycles. The van der Waals surface area contributed by atoms with Crippen molar-refractivity contribution in [1.29, 1.82) is 0 Å². The number of hydrogen-bond acceptors (Lipinski definition) is 2. The van der Waals surface area contributed by atoms with E-state index in [2.05, 4.69) is 13.8 Å². The van der Waals surface area contributed by atoms with Crippen LogP contribution in [0.2, 0.25) is 0 Å². The smallest absolute Gasteiger partial charge is 0.158 e. The first-order valence-corrected chi connectivity index (χ1v) is 3.95. The molecule has 2 heteroatoms. The van der Waals surface area contributed by atoms with Gasteiger partial charge in [0.05, 0.1) is 12.7 Å². The standard InChI is InChI=1S/C8H16O2/c1-6(2)4-8-9-5-7(3)10-8/h6-8H,4-5H2,1-3H3/t7-,8-/m1/s1. The fourth-order valence-electron chi connectivity index (χ4n) is 1.09. The van der Waals surface area contributed by atoms with E-state index in [1.165, 1.54) is 0 Å². The van der Waals surface area contributed by atoms with Gasteiger partial charge in [-0.2, -0.15) is 0 Å². The van der Waals surface area contributed by atoms with E-state index in [1.807, 2.05) is 6.92 Å². The first-order valence-electron chi connectivity index (χ1n) is 3.95. The third kappa shape index (κ3) is 2.27. The minimum Gasteiger partial charge on any atom is -0.350 e. The summed E-state index contributed by atoms with van der Waals surface area (Å²) in [5, 5.41) is 0. The Bertz CT molecular complexity index is 101. The Kier molecular flexibility index (Phi) is 2.69. The van der Waals surface area contributed by atoms with Crippen molar-refractivity contribution in [2.24, 2.45) is 5.92 Å². The molecule has 1 fully saturated rings. The van der Waals surface area contributed by atoms with Crippen molar-refractivity contribution < 1.29 is 9.47 Å². The van der Waals surface area contributed by atoms with Gasteiger partial charge in [-0.25, -0.2) is 0 Å². The molecule has 0 aromatic rings. The summed E-state index contributed by atoms with van der Waals surface area (Å²) in [6, 6.07) is 0. The van der Waals surface area contributed by atoms with Crippen molar-refractivity contribution >= 4 is 0 Å². The second-order valence-electron chi connectivity index (χ2n) is 3.34. The quantitative estimate of drug-likeness (QED) is 0.588. The molecule has 1 aliphatic rings. The molecule has 1 saturated heterocycles. The van der Waals surface area contributed by atoms with Crippen LogP contribution in [0.5, 0.6) is 0 Å². The van der Waals surface area contributed by atoms with Crippen LogP contribution in [-0.2, 0) is 9.47 Å². The topological polar surface area (TPSA) is 18.5 Å². The van der Waals surface area contributed by atoms with E-state index >= 15 is 0 Å². The minimum absolute atomic E-state index is 0.0648. The molecule has 60 valence electrons. The average molecular weight is 144 g/mol. The molecular weight excluding hydrogens is 128 g/mol. The Morgan fingerprint density at radius 3 is 2.60 bits per heavy atom. The lowest BCUT2D eigenvalue weighted by Gasteiger charge is -2.11. The van der Waals surface area contributed by atoms with E-state index in [4.69, 9.17) is 9.47 Å². The van der Waals surface area contributed by atoms with Crippen molar-refractivity contribution in [3.63, 3.8) is 0 Å². The van der Waals surface area contributed by atoms with Crippen LogP contribution >= 0.6 is 0 Å². The highest BCUT2D eigenvalue weighted by molar-refractivity contribution is 4.61. The van der Waals surface area contributed by atoms with Crippen LogP contribution < -0.4 is 0 Å². The van der Waals surface area contributed by atoms with E-state index in [1.54, 1.807) is 0 Å². The summed E-state index contributed by atoms with van der Waals surface area (Å²) in [7, 11) is 0. The fraction of sp³-hybridized carbons (Fsp3) is 1.00. The average Bonchev–Trinajstić information content (AvgIpc) is 2.13. The van der Waals surface area contributed by atoms with Crippen LogP contribution in [0.1, 0.15) is 27.2 Å². The maximum absolute atomic E-state index is 5.45. The summed E-state index contributed by atoms with van der Waals surface area (Å²) < 4.78 is 10.8. The van der Waals surface area contributed by atoms with Gasteiger partial charge in [0.2, 0.25) is 0 Å². The molecule has 0 bridgehead atoms. The van der Waals surface area contributed by atoms with E-state index in [0.717, 1.165) is 13.0 Å². The SMILES string of the molecule is CC(C)C[C@@H]1OC[C@@H](C)O1. The van der Waals surface area contributed by atoms with Gasteiger partial charge in [-0.1, -0.05) is 13.8 Å². The van der Waals surface area contributed by atoms with Gasteiger partial charge in [-0.15, -0.1) is 0 Å². The second-order valence-corrected chi connectivity index (χ2v) is 3.34. The highest BCUT2D eigenvalue weighted by Crippen LogP contribution is 2.17. The van der Waals surface area contributed by atoms with Crippen molar-refractivity contribution in [1.82, 2.24) is 0 Å². The monoisotopic (exact) mass is 144 g/mol. The summed E-state index contributed by atoms with van der Waals surface area (Å²) in [5.74, 6) is 0.662. The Balaban J connectivity index is 2.18. The Labute approximate surface area is 62.5 Å². The van der Waals surface area contributed by atoms with Crippen LogP contribution in [0.25, 0.3) is 0 Å². The zero-order chi connectivity index (χ0) is 7.56. The zero-order valence-corrected chi connectivity index (χ0v) is 6.96. The molecule has 2 atom stereocenters. The first kappa shape index (κ1) is 8.02. The summed E-state index contributed by atoms with van der Waals surface area (Å²) in [4.78, 5) is 0. The summed E-state index contributed by atoms with van der Waals surface area (Å²) >= 11 is 0. The van der Waals surface area contributed by atoms with Gasteiger partial charge >= 0.3 is 0 Å². The molecule has 0 spiro atoms. The highest BCUT2D eigenvalue weighted by atomic mass is 16.7. The van der Waals surface area contributed by atoms with E-state index in [0.29, 0.717) is 12.0 Å². The second kappa shape index (κ2) is 3.35. The highest BCUT2D eigenvalue weighted by Gasteiger charge is 2.22. The predicted octanol–water partition coefficient (Wildman–Crippen LogP) is 1.79. The Morgan fingerprint density at radius 1 is 1.50 bits per heavy atom. The zero-order valence-electron chi connectivity index (χ0n) is 6.96. The molecule has 0 radical (unpaired) electrons. The van der Waals surface area contributed by atoms with Crippen LogP contribution in [0, 0.1) is 5.92 Å². The maximum Gasteiger partial charge on any atom is 0.158 e. The van der Waals surface area contributed by atoms with Crippen molar-refractivity contribution in [3.05, 3.63) is 0 Å². The molecular formula is C8H16O2. The number of hydrogen-bond donors (Lipinski definition) is 0. The Hall–Kier alpha value is -0.0800. The lowest BCUT2D eigenvalue weighted by Crippen LogP contribution is -2.11. The van der Waals surface area contributed by atoms with Gasteiger partial charge in [-0.3, -0.25) is 0 Å². The van der Waals surface area contributed by atoms with Crippen LogP contribution in [0.15, 0.2) is 0 Å². The molecule has 0 N–H and O–H groups in total. The Morgan fingerprint density at radius 2 is 2.20 bits per heavy atom. The van der Waals surface area contributed by atoms with Gasteiger partial charge in [-0.05, 0) is 12.8 Å². The lowest BCUT2D eigenvalue weighted by molar-refractivity contribution is -0.0661. The van der Waals surface area contributed by atoms with Crippen molar-refractivity contribution in [2.75, 3.05) is 6.61 Å². The molecule has 2 nitrogen and oxygen atoms in total. The molecule has 0 aromatic heterocycles. The van der Waals surface area contributed by atoms with E-state index in [-0.39, 0.29) is 6.29 Å². The molecule has 1 heterocycles. The molecule has 0 aliphatic carbocycles. The third-order valence-electron chi connectivity index (χ3n) is 1.56. The lowest BCUT2D eigenvalue weighted by atomic mass is 10.1. The summed E-state index contributed by atoms with van der Waals surface area (Å²) in [6.45, 7) is 7.16. The van der Waals surface area contributed by atoms with E-state index < -0.39 is 0 Å².